The van der Waals surface area contributed by atoms with Crippen LogP contribution in [-0.2, 0) is 9.53 Å². The number of rotatable bonds is 4. The Kier molecular flexibility index (Phi) is 4.94. The molecule has 1 fully saturated rings. The van der Waals surface area contributed by atoms with E-state index in [0.29, 0.717) is 22.7 Å². The van der Waals surface area contributed by atoms with E-state index >= 15 is 0 Å². The van der Waals surface area contributed by atoms with E-state index in [0.717, 1.165) is 0 Å². The molecule has 0 radical (unpaired) electrons. The van der Waals surface area contributed by atoms with E-state index in [9.17, 15) is 14.7 Å². The van der Waals surface area contributed by atoms with E-state index in [2.05, 4.69) is 5.32 Å². The molecule has 2 N–H and O–H groups in total. The second-order valence-electron chi connectivity index (χ2n) is 5.59. The SMILES string of the molecule is CN1C(=O)COC[C@@H]1[C@H](O)c1ccc(NC(=O)c2cccs2)cc1. The number of aliphatic hydroxyl groups excluding tert-OH is 1. The van der Waals surface area contributed by atoms with Crippen LogP contribution in [0.25, 0.3) is 0 Å². The minimum Gasteiger partial charge on any atom is -0.386 e. The molecular formula is C17H18N2O4S. The third-order valence-electron chi connectivity index (χ3n) is 4.02. The number of thiophene rings is 1. The summed E-state index contributed by atoms with van der Waals surface area (Å²) in [4.78, 5) is 25.8. The summed E-state index contributed by atoms with van der Waals surface area (Å²) in [6.45, 7) is 0.341. The number of amides is 2. The highest BCUT2D eigenvalue weighted by Gasteiger charge is 2.32. The molecule has 2 amide bonds. The maximum Gasteiger partial charge on any atom is 0.265 e. The van der Waals surface area contributed by atoms with Crippen LogP contribution in [0, 0.1) is 0 Å². The fraction of sp³-hybridized carbons (Fsp3) is 0.294. The molecule has 0 unspecified atom stereocenters. The standard InChI is InChI=1S/C17H18N2O4S/c1-19-13(9-23-10-15(19)20)16(21)11-4-6-12(7-5-11)18-17(22)14-3-2-8-24-14/h2-8,13,16,21H,9-10H2,1H3,(H,18,22)/t13-,16-/m1/s1. The normalized spacial score (nSPS) is 19.2. The van der Waals surface area contributed by atoms with Gasteiger partial charge in [0.1, 0.15) is 12.7 Å². The second kappa shape index (κ2) is 7.12. The number of carbonyl (C=O) groups excluding carboxylic acids is 2. The van der Waals surface area contributed by atoms with Gasteiger partial charge in [-0.15, -0.1) is 11.3 Å². The number of benzene rings is 1. The van der Waals surface area contributed by atoms with Crippen LogP contribution in [0.4, 0.5) is 5.69 Å². The number of hydrogen-bond donors (Lipinski definition) is 2. The van der Waals surface area contributed by atoms with Gasteiger partial charge in [-0.1, -0.05) is 18.2 Å². The van der Waals surface area contributed by atoms with Gasteiger partial charge < -0.3 is 20.1 Å². The van der Waals surface area contributed by atoms with Gasteiger partial charge in [-0.2, -0.15) is 0 Å². The van der Waals surface area contributed by atoms with Gasteiger partial charge in [0.25, 0.3) is 5.91 Å². The fourth-order valence-corrected chi connectivity index (χ4v) is 3.17. The molecule has 1 aromatic heterocycles. The highest BCUT2D eigenvalue weighted by Crippen LogP contribution is 2.24. The zero-order valence-electron chi connectivity index (χ0n) is 13.1. The lowest BCUT2D eigenvalue weighted by Crippen LogP contribution is -2.49. The van der Waals surface area contributed by atoms with E-state index in [1.165, 1.54) is 16.2 Å². The van der Waals surface area contributed by atoms with E-state index in [1.54, 1.807) is 37.4 Å². The Morgan fingerprint density at radius 2 is 2.12 bits per heavy atom. The van der Waals surface area contributed by atoms with Crippen molar-refractivity contribution < 1.29 is 19.4 Å². The van der Waals surface area contributed by atoms with Crippen molar-refractivity contribution in [1.29, 1.82) is 0 Å². The molecule has 7 heteroatoms. The van der Waals surface area contributed by atoms with Crippen LogP contribution in [0.3, 0.4) is 0 Å². The molecular weight excluding hydrogens is 328 g/mol. The minimum atomic E-state index is -0.846. The molecule has 1 aromatic carbocycles. The Morgan fingerprint density at radius 1 is 1.38 bits per heavy atom. The van der Waals surface area contributed by atoms with Crippen LogP contribution in [0.5, 0.6) is 0 Å². The van der Waals surface area contributed by atoms with Crippen molar-refractivity contribution in [1.82, 2.24) is 4.90 Å². The summed E-state index contributed by atoms with van der Waals surface area (Å²) in [5, 5.41) is 15.1. The summed E-state index contributed by atoms with van der Waals surface area (Å²) in [7, 11) is 1.66. The largest absolute Gasteiger partial charge is 0.386 e. The number of carbonyl (C=O) groups is 2. The van der Waals surface area contributed by atoms with Crippen LogP contribution < -0.4 is 5.32 Å². The topological polar surface area (TPSA) is 78.9 Å². The number of nitrogens with one attached hydrogen (secondary N) is 1. The van der Waals surface area contributed by atoms with E-state index in [1.807, 2.05) is 11.4 Å². The first-order chi connectivity index (χ1) is 11.6. The van der Waals surface area contributed by atoms with Crippen molar-refractivity contribution in [3.05, 3.63) is 52.2 Å². The van der Waals surface area contributed by atoms with Crippen LogP contribution in [0.2, 0.25) is 0 Å². The first kappa shape index (κ1) is 16.6. The molecule has 24 heavy (non-hydrogen) atoms. The van der Waals surface area contributed by atoms with Crippen LogP contribution in [0.15, 0.2) is 41.8 Å². The molecule has 126 valence electrons. The zero-order chi connectivity index (χ0) is 17.1. The molecule has 0 bridgehead atoms. The summed E-state index contributed by atoms with van der Waals surface area (Å²) in [5.74, 6) is -0.311. The van der Waals surface area contributed by atoms with Gasteiger partial charge in [0.2, 0.25) is 5.91 Å². The average Bonchev–Trinajstić information content (AvgIpc) is 3.12. The van der Waals surface area contributed by atoms with Crippen molar-refractivity contribution in [3.8, 4) is 0 Å². The predicted molar refractivity (Wildman–Crippen MR) is 91.1 cm³/mol. The Bertz CT molecular complexity index is 715. The van der Waals surface area contributed by atoms with E-state index in [4.69, 9.17) is 4.74 Å². The minimum absolute atomic E-state index is 0.0490. The lowest BCUT2D eigenvalue weighted by molar-refractivity contribution is -0.151. The van der Waals surface area contributed by atoms with Gasteiger partial charge in [0.05, 0.1) is 17.5 Å². The number of anilines is 1. The lowest BCUT2D eigenvalue weighted by Gasteiger charge is -2.35. The van der Waals surface area contributed by atoms with Gasteiger partial charge >= 0.3 is 0 Å². The number of aliphatic hydroxyl groups is 1. The molecule has 2 heterocycles. The van der Waals surface area contributed by atoms with Gasteiger partial charge in [0, 0.05) is 12.7 Å². The maximum atomic E-state index is 12.0. The molecule has 2 atom stereocenters. The number of hydrogen-bond acceptors (Lipinski definition) is 5. The quantitative estimate of drug-likeness (QED) is 0.886. The van der Waals surface area contributed by atoms with Crippen molar-refractivity contribution >= 4 is 28.8 Å². The summed E-state index contributed by atoms with van der Waals surface area (Å²) in [6, 6.07) is 10.1. The number of likely N-dealkylation sites (N-methyl/N-ethyl adjacent to an activating group) is 1. The molecule has 3 rings (SSSR count). The number of morpholine rings is 1. The molecule has 2 aromatic rings. The van der Waals surface area contributed by atoms with E-state index in [-0.39, 0.29) is 18.4 Å². The lowest BCUT2D eigenvalue weighted by atomic mass is 10.0. The van der Waals surface area contributed by atoms with Crippen molar-refractivity contribution in [2.75, 3.05) is 25.6 Å². The summed E-state index contributed by atoms with van der Waals surface area (Å²) in [6.07, 6.45) is -0.846. The zero-order valence-corrected chi connectivity index (χ0v) is 14.0. The van der Waals surface area contributed by atoms with E-state index < -0.39 is 12.1 Å². The van der Waals surface area contributed by atoms with Gasteiger partial charge in [0.15, 0.2) is 0 Å². The third-order valence-corrected chi connectivity index (χ3v) is 4.89. The molecule has 0 aliphatic carbocycles. The van der Waals surface area contributed by atoms with Crippen molar-refractivity contribution in [2.24, 2.45) is 0 Å². The summed E-state index contributed by atoms with van der Waals surface area (Å²) in [5.41, 5.74) is 1.31. The van der Waals surface area contributed by atoms with Crippen molar-refractivity contribution in [2.45, 2.75) is 12.1 Å². The van der Waals surface area contributed by atoms with Crippen molar-refractivity contribution in [3.63, 3.8) is 0 Å². The summed E-state index contributed by atoms with van der Waals surface area (Å²) < 4.78 is 5.22. The van der Waals surface area contributed by atoms with Crippen LogP contribution in [0.1, 0.15) is 21.3 Å². The summed E-state index contributed by atoms with van der Waals surface area (Å²) >= 11 is 1.37. The molecule has 1 aliphatic heterocycles. The highest BCUT2D eigenvalue weighted by molar-refractivity contribution is 7.12. The van der Waals surface area contributed by atoms with Gasteiger partial charge in [-0.3, -0.25) is 9.59 Å². The van der Waals surface area contributed by atoms with Gasteiger partial charge in [-0.25, -0.2) is 0 Å². The molecule has 1 saturated heterocycles. The van der Waals surface area contributed by atoms with Gasteiger partial charge in [-0.05, 0) is 29.1 Å². The smallest absolute Gasteiger partial charge is 0.265 e. The average molecular weight is 346 g/mol. The first-order valence-corrected chi connectivity index (χ1v) is 8.40. The Hall–Kier alpha value is -2.22. The molecule has 0 saturated carbocycles. The third kappa shape index (κ3) is 3.48. The molecule has 1 aliphatic rings. The van der Waals surface area contributed by atoms with Crippen LogP contribution in [-0.4, -0.2) is 48.1 Å². The number of nitrogens with zero attached hydrogens (tertiary/aromatic N) is 1. The first-order valence-electron chi connectivity index (χ1n) is 7.52. The number of ether oxygens (including phenoxy) is 1. The fourth-order valence-electron chi connectivity index (χ4n) is 2.55. The molecule has 6 nitrogen and oxygen atoms in total. The highest BCUT2D eigenvalue weighted by atomic mass is 32.1. The maximum absolute atomic E-state index is 12.0. The Labute approximate surface area is 143 Å². The van der Waals surface area contributed by atoms with Crippen LogP contribution >= 0.6 is 11.3 Å². The Balaban J connectivity index is 1.67. The monoisotopic (exact) mass is 346 g/mol. The second-order valence-corrected chi connectivity index (χ2v) is 6.53. The molecule has 0 spiro atoms. The predicted octanol–water partition coefficient (Wildman–Crippen LogP) is 1.89. The Morgan fingerprint density at radius 3 is 2.79 bits per heavy atom.